The summed E-state index contributed by atoms with van der Waals surface area (Å²) < 4.78 is 0. The molecule has 25 heavy (non-hydrogen) atoms. The molecule has 0 spiro atoms. The molecule has 2 aliphatic rings. The predicted octanol–water partition coefficient (Wildman–Crippen LogP) is 4.25. The number of hydrogen-bond acceptors (Lipinski definition) is 2. The van der Waals surface area contributed by atoms with Crippen LogP contribution in [0, 0.1) is 0 Å². The number of hydrogen-bond donors (Lipinski definition) is 1. The largest absolute Gasteiger partial charge is 0.398 e. The van der Waals surface area contributed by atoms with Crippen LogP contribution in [0.5, 0.6) is 0 Å². The van der Waals surface area contributed by atoms with Crippen molar-refractivity contribution in [3.8, 4) is 0 Å². The second-order valence-electron chi connectivity index (χ2n) is 7.10. The Kier molecular flexibility index (Phi) is 4.08. The Labute approximate surface area is 149 Å². The maximum Gasteiger partial charge on any atom is 0.254 e. The van der Waals surface area contributed by atoms with Crippen LogP contribution in [-0.2, 0) is 6.42 Å². The van der Waals surface area contributed by atoms with Crippen molar-refractivity contribution in [2.45, 2.75) is 37.6 Å². The Balaban J connectivity index is 1.65. The number of aryl methyl sites for hydroxylation is 1. The molecule has 1 aliphatic carbocycles. The van der Waals surface area contributed by atoms with Gasteiger partial charge in [0, 0.05) is 29.8 Å². The molecule has 1 fully saturated rings. The molecule has 3 nitrogen and oxygen atoms in total. The Bertz CT molecular complexity index is 827. The van der Waals surface area contributed by atoms with E-state index in [1.165, 1.54) is 17.5 Å². The highest BCUT2D eigenvalue weighted by atomic mass is 16.2. The van der Waals surface area contributed by atoms with Crippen LogP contribution in [0.15, 0.2) is 49.0 Å². The highest BCUT2D eigenvalue weighted by Crippen LogP contribution is 2.41. The minimum atomic E-state index is 0.122. The summed E-state index contributed by atoms with van der Waals surface area (Å²) in [4.78, 5) is 15.3. The maximum absolute atomic E-state index is 13.2. The van der Waals surface area contributed by atoms with Gasteiger partial charge in [-0.25, -0.2) is 0 Å². The number of piperidine rings is 1. The van der Waals surface area contributed by atoms with E-state index in [1.807, 2.05) is 18.2 Å². The van der Waals surface area contributed by atoms with E-state index in [0.29, 0.717) is 23.2 Å². The van der Waals surface area contributed by atoms with Crippen LogP contribution in [0.2, 0.25) is 0 Å². The second-order valence-corrected chi connectivity index (χ2v) is 7.10. The van der Waals surface area contributed by atoms with Gasteiger partial charge in [-0.1, -0.05) is 36.9 Å². The molecule has 4 rings (SSSR count). The average molecular weight is 332 g/mol. The molecule has 128 valence electrons. The molecule has 2 aromatic carbocycles. The first-order valence-corrected chi connectivity index (χ1v) is 9.10. The number of fused-ring (bicyclic) bond motifs is 3. The van der Waals surface area contributed by atoms with Gasteiger partial charge in [-0.05, 0) is 60.6 Å². The zero-order valence-electron chi connectivity index (χ0n) is 14.4. The van der Waals surface area contributed by atoms with Crippen LogP contribution in [0.1, 0.15) is 52.2 Å². The zero-order valence-corrected chi connectivity index (χ0v) is 14.4. The molecule has 1 heterocycles. The maximum atomic E-state index is 13.2. The molecule has 1 saturated heterocycles. The highest BCUT2D eigenvalue weighted by molar-refractivity contribution is 5.96. The van der Waals surface area contributed by atoms with Gasteiger partial charge in [0.05, 0.1) is 0 Å². The van der Waals surface area contributed by atoms with Crippen LogP contribution in [0.4, 0.5) is 5.69 Å². The monoisotopic (exact) mass is 332 g/mol. The van der Waals surface area contributed by atoms with Crippen LogP contribution < -0.4 is 5.73 Å². The fourth-order valence-corrected chi connectivity index (χ4v) is 4.51. The number of rotatable bonds is 2. The summed E-state index contributed by atoms with van der Waals surface area (Å²) in [6, 6.07) is 14.6. The van der Waals surface area contributed by atoms with E-state index in [2.05, 4.69) is 35.7 Å². The van der Waals surface area contributed by atoms with E-state index in [-0.39, 0.29) is 5.91 Å². The Morgan fingerprint density at radius 2 is 2.04 bits per heavy atom. The summed E-state index contributed by atoms with van der Waals surface area (Å²) in [7, 11) is 0. The number of nitrogen functional groups attached to an aromatic ring is 1. The van der Waals surface area contributed by atoms with Gasteiger partial charge >= 0.3 is 0 Å². The van der Waals surface area contributed by atoms with Crippen LogP contribution in [0.25, 0.3) is 6.08 Å². The van der Waals surface area contributed by atoms with Crippen molar-refractivity contribution < 1.29 is 4.79 Å². The minimum Gasteiger partial charge on any atom is -0.398 e. The molecule has 2 N–H and O–H groups in total. The smallest absolute Gasteiger partial charge is 0.254 e. The summed E-state index contributed by atoms with van der Waals surface area (Å²) >= 11 is 0. The Hall–Kier alpha value is -2.55. The first-order chi connectivity index (χ1) is 12.2. The fraction of sp³-hybridized carbons (Fsp3) is 0.318. The van der Waals surface area contributed by atoms with Crippen molar-refractivity contribution >= 4 is 17.7 Å². The normalized spacial score (nSPS) is 22.0. The lowest BCUT2D eigenvalue weighted by atomic mass is 9.74. The molecule has 3 heteroatoms. The van der Waals surface area contributed by atoms with Gasteiger partial charge in [-0.3, -0.25) is 4.79 Å². The van der Waals surface area contributed by atoms with Gasteiger partial charge in [-0.15, -0.1) is 0 Å². The van der Waals surface area contributed by atoms with Gasteiger partial charge in [0.2, 0.25) is 0 Å². The lowest BCUT2D eigenvalue weighted by molar-refractivity contribution is 0.0547. The minimum absolute atomic E-state index is 0.122. The third kappa shape index (κ3) is 2.74. The summed E-state index contributed by atoms with van der Waals surface area (Å²) in [6.45, 7) is 4.63. The van der Waals surface area contributed by atoms with E-state index >= 15 is 0 Å². The lowest BCUT2D eigenvalue weighted by Crippen LogP contribution is -2.49. The van der Waals surface area contributed by atoms with Gasteiger partial charge in [0.25, 0.3) is 5.91 Å². The van der Waals surface area contributed by atoms with Crippen molar-refractivity contribution in [3.05, 3.63) is 71.3 Å². The number of carbonyl (C=O) groups excluding carboxylic acids is 1. The molecule has 1 amide bonds. The number of anilines is 1. The topological polar surface area (TPSA) is 46.3 Å². The average Bonchev–Trinajstić information content (AvgIpc) is 2.67. The highest BCUT2D eigenvalue weighted by Gasteiger charge is 2.38. The summed E-state index contributed by atoms with van der Waals surface area (Å²) in [5.74, 6) is 0.590. The first kappa shape index (κ1) is 15.9. The Morgan fingerprint density at radius 3 is 2.88 bits per heavy atom. The zero-order chi connectivity index (χ0) is 17.4. The van der Waals surface area contributed by atoms with Gasteiger partial charge in [0.15, 0.2) is 0 Å². The van der Waals surface area contributed by atoms with Gasteiger partial charge in [-0.2, -0.15) is 0 Å². The van der Waals surface area contributed by atoms with Gasteiger partial charge in [0.1, 0.15) is 0 Å². The van der Waals surface area contributed by atoms with Crippen molar-refractivity contribution in [2.24, 2.45) is 0 Å². The molecule has 2 atom stereocenters. The van der Waals surface area contributed by atoms with Crippen molar-refractivity contribution in [3.63, 3.8) is 0 Å². The molecular weight excluding hydrogens is 308 g/mol. The quantitative estimate of drug-likeness (QED) is 0.836. The molecule has 0 aromatic heterocycles. The number of nitrogens with two attached hydrogens (primary N) is 1. The van der Waals surface area contributed by atoms with Crippen molar-refractivity contribution in [1.29, 1.82) is 0 Å². The van der Waals surface area contributed by atoms with Crippen LogP contribution in [-0.4, -0.2) is 23.4 Å². The number of amides is 1. The Morgan fingerprint density at radius 1 is 1.20 bits per heavy atom. The van der Waals surface area contributed by atoms with E-state index in [1.54, 1.807) is 6.08 Å². The molecule has 2 unspecified atom stereocenters. The first-order valence-electron chi connectivity index (χ1n) is 9.10. The number of benzene rings is 2. The second kappa shape index (κ2) is 6.40. The molecule has 0 radical (unpaired) electrons. The van der Waals surface area contributed by atoms with E-state index in [9.17, 15) is 4.79 Å². The number of nitrogens with zero attached hydrogens (tertiary/aromatic N) is 1. The van der Waals surface area contributed by atoms with E-state index in [4.69, 9.17) is 5.73 Å². The summed E-state index contributed by atoms with van der Waals surface area (Å²) in [5.41, 5.74) is 11.0. The van der Waals surface area contributed by atoms with Crippen molar-refractivity contribution in [2.75, 3.05) is 12.3 Å². The molecule has 0 saturated carbocycles. The van der Waals surface area contributed by atoms with Crippen LogP contribution in [0.3, 0.4) is 0 Å². The summed E-state index contributed by atoms with van der Waals surface area (Å²) in [5, 5.41) is 0. The van der Waals surface area contributed by atoms with E-state index in [0.717, 1.165) is 31.4 Å². The molecule has 2 aromatic rings. The SMILES string of the molecule is C=Cc1cc(C(=O)N2CCCC3c4ccccc4CCC32)ccc1N. The third-order valence-electron chi connectivity index (χ3n) is 5.76. The standard InChI is InChI=1S/C22H24N2O/c1-2-15-14-17(9-11-20(15)23)22(25)24-13-5-8-19-18-7-4-3-6-16(18)10-12-21(19)24/h2-4,6-7,9,11,14,19,21H,1,5,8,10,12-13,23H2. The lowest BCUT2D eigenvalue weighted by Gasteiger charge is -2.45. The van der Waals surface area contributed by atoms with E-state index < -0.39 is 0 Å². The summed E-state index contributed by atoms with van der Waals surface area (Å²) in [6.07, 6.45) is 6.05. The van der Waals surface area contributed by atoms with Gasteiger partial charge < -0.3 is 10.6 Å². The predicted molar refractivity (Wildman–Crippen MR) is 103 cm³/mol. The fourth-order valence-electron chi connectivity index (χ4n) is 4.51. The van der Waals surface area contributed by atoms with Crippen LogP contribution >= 0.6 is 0 Å². The van der Waals surface area contributed by atoms with Crippen molar-refractivity contribution in [1.82, 2.24) is 4.90 Å². The third-order valence-corrected chi connectivity index (χ3v) is 5.76. The number of carbonyl (C=O) groups is 1. The number of likely N-dealkylation sites (tertiary alicyclic amines) is 1. The molecule has 0 bridgehead atoms. The molecular formula is C22H24N2O. The molecule has 1 aliphatic heterocycles.